The molecule has 0 saturated heterocycles. The van der Waals surface area contributed by atoms with Gasteiger partial charge in [0.25, 0.3) is 0 Å². The standard InChI is InChI=1S/C7H6I/c1-6-4-2-3-5-7(6)8/h2-5H,1H2. The summed E-state index contributed by atoms with van der Waals surface area (Å²) in [5.74, 6) is 0. The number of halogens is 1. The molecule has 0 spiro atoms. The van der Waals surface area contributed by atoms with Crippen molar-refractivity contribution in [2.24, 2.45) is 0 Å². The molecule has 0 fully saturated rings. The lowest BCUT2D eigenvalue weighted by molar-refractivity contribution is 1.56. The summed E-state index contributed by atoms with van der Waals surface area (Å²) in [4.78, 5) is 0. The van der Waals surface area contributed by atoms with Crippen LogP contribution in [0.2, 0.25) is 0 Å². The molecular formula is C7H6I. The average molecular weight is 217 g/mol. The molecule has 0 aromatic heterocycles. The highest BCUT2D eigenvalue weighted by molar-refractivity contribution is 14.1. The minimum Gasteiger partial charge on any atom is -0.0619 e. The normalized spacial score (nSPS) is 9.25. The lowest BCUT2D eigenvalue weighted by atomic mass is 10.2. The second kappa shape index (κ2) is 2.49. The van der Waals surface area contributed by atoms with Gasteiger partial charge in [-0.1, -0.05) is 18.2 Å². The zero-order valence-electron chi connectivity index (χ0n) is 4.39. The zero-order valence-corrected chi connectivity index (χ0v) is 6.55. The molecule has 0 N–H and O–H groups in total. The number of rotatable bonds is 0. The average Bonchev–Trinajstić information content (AvgIpc) is 1.77. The van der Waals surface area contributed by atoms with E-state index in [0.717, 1.165) is 5.56 Å². The van der Waals surface area contributed by atoms with Crippen molar-refractivity contribution in [1.29, 1.82) is 0 Å². The highest BCUT2D eigenvalue weighted by atomic mass is 127. The van der Waals surface area contributed by atoms with Crippen molar-refractivity contribution >= 4 is 22.6 Å². The van der Waals surface area contributed by atoms with Crippen molar-refractivity contribution in [2.75, 3.05) is 0 Å². The van der Waals surface area contributed by atoms with Gasteiger partial charge in [-0.25, -0.2) is 0 Å². The van der Waals surface area contributed by atoms with Gasteiger partial charge in [0.2, 0.25) is 0 Å². The summed E-state index contributed by atoms with van der Waals surface area (Å²) in [6.07, 6.45) is 0. The molecule has 0 bridgehead atoms. The Morgan fingerprint density at radius 2 is 1.88 bits per heavy atom. The van der Waals surface area contributed by atoms with Gasteiger partial charge >= 0.3 is 0 Å². The smallest absolute Gasteiger partial charge is 0.0162 e. The molecule has 0 amide bonds. The number of hydrogen-bond acceptors (Lipinski definition) is 0. The van der Waals surface area contributed by atoms with Gasteiger partial charge in [-0.15, -0.1) is 0 Å². The van der Waals surface area contributed by atoms with Crippen LogP contribution < -0.4 is 0 Å². The van der Waals surface area contributed by atoms with Crippen molar-refractivity contribution in [1.82, 2.24) is 0 Å². The lowest BCUT2D eigenvalue weighted by Gasteiger charge is -1.91. The fourth-order valence-electron chi connectivity index (χ4n) is 0.498. The van der Waals surface area contributed by atoms with Crippen LogP contribution in [0.1, 0.15) is 5.56 Å². The molecule has 0 atom stereocenters. The first kappa shape index (κ1) is 6.08. The number of benzene rings is 1. The fraction of sp³-hybridized carbons (Fsp3) is 0. The summed E-state index contributed by atoms with van der Waals surface area (Å²) in [7, 11) is 0. The molecule has 0 nitrogen and oxygen atoms in total. The van der Waals surface area contributed by atoms with E-state index in [1.807, 2.05) is 24.3 Å². The topological polar surface area (TPSA) is 0 Å². The molecule has 0 unspecified atom stereocenters. The Balaban J connectivity index is 3.13. The maximum Gasteiger partial charge on any atom is 0.0162 e. The SMILES string of the molecule is [CH2]c1ccccc1I. The molecule has 8 heavy (non-hydrogen) atoms. The monoisotopic (exact) mass is 217 g/mol. The molecule has 1 rings (SSSR count). The van der Waals surface area contributed by atoms with E-state index in [4.69, 9.17) is 0 Å². The van der Waals surface area contributed by atoms with Gasteiger partial charge in [0.1, 0.15) is 0 Å². The van der Waals surface area contributed by atoms with Crippen LogP contribution in [0, 0.1) is 10.5 Å². The highest BCUT2D eigenvalue weighted by Gasteiger charge is 1.86. The fourth-order valence-corrected chi connectivity index (χ4v) is 0.886. The van der Waals surface area contributed by atoms with Crippen LogP contribution in [0.5, 0.6) is 0 Å². The van der Waals surface area contributed by atoms with Crippen molar-refractivity contribution in [3.05, 3.63) is 40.3 Å². The van der Waals surface area contributed by atoms with Gasteiger partial charge in [-0.05, 0) is 41.1 Å². The third-order valence-electron chi connectivity index (χ3n) is 0.958. The van der Waals surface area contributed by atoms with Gasteiger partial charge in [0.15, 0.2) is 0 Å². The van der Waals surface area contributed by atoms with E-state index in [9.17, 15) is 0 Å². The van der Waals surface area contributed by atoms with Crippen molar-refractivity contribution in [3.8, 4) is 0 Å². The summed E-state index contributed by atoms with van der Waals surface area (Å²) in [6, 6.07) is 8.05. The maximum atomic E-state index is 3.81. The summed E-state index contributed by atoms with van der Waals surface area (Å²) >= 11 is 2.26. The molecule has 1 aromatic rings. The van der Waals surface area contributed by atoms with Gasteiger partial charge in [-0.2, -0.15) is 0 Å². The van der Waals surface area contributed by atoms with E-state index in [1.54, 1.807) is 0 Å². The first-order valence-electron chi connectivity index (χ1n) is 2.37. The molecule has 0 aliphatic rings. The van der Waals surface area contributed by atoms with Gasteiger partial charge in [0.05, 0.1) is 0 Å². The molecule has 1 radical (unpaired) electrons. The highest BCUT2D eigenvalue weighted by Crippen LogP contribution is 2.08. The van der Waals surface area contributed by atoms with E-state index in [-0.39, 0.29) is 0 Å². The Hall–Kier alpha value is -0.0500. The van der Waals surface area contributed by atoms with Gasteiger partial charge in [-0.3, -0.25) is 0 Å². The summed E-state index contributed by atoms with van der Waals surface area (Å²) in [5, 5.41) is 0. The molecule has 1 aromatic carbocycles. The van der Waals surface area contributed by atoms with Crippen molar-refractivity contribution < 1.29 is 0 Å². The quantitative estimate of drug-likeness (QED) is 0.585. The Morgan fingerprint density at radius 1 is 1.25 bits per heavy atom. The van der Waals surface area contributed by atoms with Crippen molar-refractivity contribution in [3.63, 3.8) is 0 Å². The van der Waals surface area contributed by atoms with Crippen LogP contribution in [-0.2, 0) is 0 Å². The summed E-state index contributed by atoms with van der Waals surface area (Å²) < 4.78 is 1.23. The third kappa shape index (κ3) is 1.22. The van der Waals surface area contributed by atoms with Gasteiger partial charge in [0, 0.05) is 3.57 Å². The first-order chi connectivity index (χ1) is 3.80. The van der Waals surface area contributed by atoms with Crippen molar-refractivity contribution in [2.45, 2.75) is 0 Å². The van der Waals surface area contributed by atoms with Crippen LogP contribution in [0.3, 0.4) is 0 Å². The predicted octanol–water partition coefficient (Wildman–Crippen LogP) is 2.47. The molecular weight excluding hydrogens is 211 g/mol. The van der Waals surface area contributed by atoms with E-state index in [2.05, 4.69) is 29.5 Å². The van der Waals surface area contributed by atoms with Crippen LogP contribution in [0.25, 0.3) is 0 Å². The zero-order chi connectivity index (χ0) is 5.98. The first-order valence-corrected chi connectivity index (χ1v) is 3.45. The minimum atomic E-state index is 1.10. The number of hydrogen-bond donors (Lipinski definition) is 0. The van der Waals surface area contributed by atoms with Crippen LogP contribution >= 0.6 is 22.6 Å². The second-order valence-electron chi connectivity index (χ2n) is 1.59. The second-order valence-corrected chi connectivity index (χ2v) is 2.75. The predicted molar refractivity (Wildman–Crippen MR) is 43.6 cm³/mol. The van der Waals surface area contributed by atoms with Gasteiger partial charge < -0.3 is 0 Å². The molecule has 1 heteroatoms. The van der Waals surface area contributed by atoms with E-state index in [1.165, 1.54) is 3.57 Å². The largest absolute Gasteiger partial charge is 0.0619 e. The Labute approximate surface area is 63.1 Å². The molecule has 0 saturated carbocycles. The summed E-state index contributed by atoms with van der Waals surface area (Å²) in [5.41, 5.74) is 1.10. The third-order valence-corrected chi connectivity index (χ3v) is 2.01. The van der Waals surface area contributed by atoms with E-state index < -0.39 is 0 Å². The van der Waals surface area contributed by atoms with Crippen LogP contribution in [-0.4, -0.2) is 0 Å². The van der Waals surface area contributed by atoms with Crippen LogP contribution in [0.15, 0.2) is 24.3 Å². The molecule has 0 heterocycles. The van der Waals surface area contributed by atoms with E-state index >= 15 is 0 Å². The van der Waals surface area contributed by atoms with Crippen LogP contribution in [0.4, 0.5) is 0 Å². The van der Waals surface area contributed by atoms with E-state index in [0.29, 0.717) is 0 Å². The Morgan fingerprint density at radius 3 is 2.25 bits per heavy atom. The molecule has 0 aliphatic carbocycles. The Kier molecular flexibility index (Phi) is 1.89. The summed E-state index contributed by atoms with van der Waals surface area (Å²) in [6.45, 7) is 3.81. The molecule has 0 aliphatic heterocycles. The lowest BCUT2D eigenvalue weighted by Crippen LogP contribution is -1.74. The molecule has 41 valence electrons. The Bertz CT molecular complexity index is 160. The maximum absolute atomic E-state index is 3.81. The minimum absolute atomic E-state index is 1.10.